The van der Waals surface area contributed by atoms with Gasteiger partial charge in [-0.3, -0.25) is 0 Å². The first kappa shape index (κ1) is 10.9. The number of hydrogen-bond donors (Lipinski definition) is 0. The SMILES string of the molecule is CC(C)C1CCC(C(F)(F)F)CC1. The highest BCUT2D eigenvalue weighted by atomic mass is 19.4. The summed E-state index contributed by atoms with van der Waals surface area (Å²) in [5.74, 6) is 0.0234. The molecule has 0 atom stereocenters. The summed E-state index contributed by atoms with van der Waals surface area (Å²) in [7, 11) is 0. The van der Waals surface area contributed by atoms with Crippen molar-refractivity contribution in [3.8, 4) is 0 Å². The molecule has 0 spiro atoms. The van der Waals surface area contributed by atoms with Crippen LogP contribution in [0.1, 0.15) is 39.5 Å². The van der Waals surface area contributed by atoms with E-state index in [1.807, 2.05) is 0 Å². The van der Waals surface area contributed by atoms with E-state index in [4.69, 9.17) is 0 Å². The molecule has 1 aliphatic carbocycles. The van der Waals surface area contributed by atoms with Gasteiger partial charge in [0, 0.05) is 0 Å². The summed E-state index contributed by atoms with van der Waals surface area (Å²) in [5, 5.41) is 0. The van der Waals surface area contributed by atoms with Crippen molar-refractivity contribution >= 4 is 0 Å². The molecular formula is C10H17F3. The van der Waals surface area contributed by atoms with E-state index < -0.39 is 12.1 Å². The molecule has 0 heterocycles. The Labute approximate surface area is 77.5 Å². The Morgan fingerprint density at radius 2 is 1.46 bits per heavy atom. The van der Waals surface area contributed by atoms with Crippen LogP contribution in [-0.2, 0) is 0 Å². The predicted molar refractivity (Wildman–Crippen MR) is 46.3 cm³/mol. The predicted octanol–water partition coefficient (Wildman–Crippen LogP) is 4.01. The van der Waals surface area contributed by atoms with E-state index >= 15 is 0 Å². The lowest BCUT2D eigenvalue weighted by Gasteiger charge is -2.31. The van der Waals surface area contributed by atoms with Gasteiger partial charge >= 0.3 is 6.18 Å². The summed E-state index contributed by atoms with van der Waals surface area (Å²) in [6, 6.07) is 0. The number of alkyl halides is 3. The van der Waals surface area contributed by atoms with Gasteiger partial charge < -0.3 is 0 Å². The van der Waals surface area contributed by atoms with Crippen molar-refractivity contribution in [2.24, 2.45) is 17.8 Å². The van der Waals surface area contributed by atoms with Crippen LogP contribution in [0.5, 0.6) is 0 Å². The highest BCUT2D eigenvalue weighted by Crippen LogP contribution is 2.41. The number of hydrogen-bond acceptors (Lipinski definition) is 0. The molecule has 0 unspecified atom stereocenters. The maximum absolute atomic E-state index is 12.3. The van der Waals surface area contributed by atoms with Crippen LogP contribution in [0.4, 0.5) is 13.2 Å². The largest absolute Gasteiger partial charge is 0.391 e. The van der Waals surface area contributed by atoms with E-state index in [1.54, 1.807) is 0 Å². The number of halogens is 3. The van der Waals surface area contributed by atoms with Gasteiger partial charge in [-0.2, -0.15) is 13.2 Å². The van der Waals surface area contributed by atoms with Crippen molar-refractivity contribution in [2.75, 3.05) is 0 Å². The zero-order chi connectivity index (χ0) is 10.1. The molecule has 0 aromatic carbocycles. The topological polar surface area (TPSA) is 0 Å². The molecule has 0 aliphatic heterocycles. The Balaban J connectivity index is 2.39. The van der Waals surface area contributed by atoms with Crippen molar-refractivity contribution in [2.45, 2.75) is 45.7 Å². The molecule has 1 rings (SSSR count). The summed E-state index contributed by atoms with van der Waals surface area (Å²) in [6.07, 6.45) is -1.77. The van der Waals surface area contributed by atoms with Gasteiger partial charge in [0.05, 0.1) is 5.92 Å². The Bertz CT molecular complexity index is 152. The zero-order valence-corrected chi connectivity index (χ0v) is 8.19. The second-order valence-corrected chi connectivity index (χ2v) is 4.40. The van der Waals surface area contributed by atoms with E-state index in [2.05, 4.69) is 13.8 Å². The van der Waals surface area contributed by atoms with E-state index in [9.17, 15) is 13.2 Å². The molecule has 0 bridgehead atoms. The highest BCUT2D eigenvalue weighted by molar-refractivity contribution is 4.78. The van der Waals surface area contributed by atoms with Crippen molar-refractivity contribution in [1.29, 1.82) is 0 Å². The van der Waals surface area contributed by atoms with Crippen LogP contribution >= 0.6 is 0 Å². The summed E-state index contributed by atoms with van der Waals surface area (Å²) in [5.41, 5.74) is 0. The fourth-order valence-electron chi connectivity index (χ4n) is 2.11. The van der Waals surface area contributed by atoms with Gasteiger partial charge in [0.25, 0.3) is 0 Å². The van der Waals surface area contributed by atoms with Gasteiger partial charge in [0.2, 0.25) is 0 Å². The van der Waals surface area contributed by atoms with E-state index in [0.29, 0.717) is 24.7 Å². The number of rotatable bonds is 1. The molecule has 0 aromatic rings. The normalized spacial score (nSPS) is 30.9. The van der Waals surface area contributed by atoms with Gasteiger partial charge in [-0.25, -0.2) is 0 Å². The molecule has 0 aromatic heterocycles. The van der Waals surface area contributed by atoms with Crippen molar-refractivity contribution in [1.82, 2.24) is 0 Å². The average Bonchev–Trinajstić information content (AvgIpc) is 2.03. The van der Waals surface area contributed by atoms with Crippen LogP contribution in [0, 0.1) is 17.8 Å². The standard InChI is InChI=1S/C10H17F3/c1-7(2)8-3-5-9(6-4-8)10(11,12)13/h7-9H,3-6H2,1-2H3. The first-order chi connectivity index (χ1) is 5.91. The Morgan fingerprint density at radius 3 is 1.77 bits per heavy atom. The van der Waals surface area contributed by atoms with Crippen LogP contribution < -0.4 is 0 Å². The van der Waals surface area contributed by atoms with Crippen molar-refractivity contribution < 1.29 is 13.2 Å². The Kier molecular flexibility index (Phi) is 3.25. The minimum atomic E-state index is -3.96. The summed E-state index contributed by atoms with van der Waals surface area (Å²) < 4.78 is 36.8. The van der Waals surface area contributed by atoms with E-state index in [-0.39, 0.29) is 0 Å². The molecule has 3 heteroatoms. The Morgan fingerprint density at radius 1 is 1.00 bits per heavy atom. The fourth-order valence-corrected chi connectivity index (χ4v) is 2.11. The van der Waals surface area contributed by atoms with Gasteiger partial charge in [0.1, 0.15) is 0 Å². The second-order valence-electron chi connectivity index (χ2n) is 4.40. The first-order valence-electron chi connectivity index (χ1n) is 4.98. The minimum absolute atomic E-state index is 0.340. The van der Waals surface area contributed by atoms with Gasteiger partial charge in [-0.1, -0.05) is 13.8 Å². The van der Waals surface area contributed by atoms with E-state index in [1.165, 1.54) is 0 Å². The fraction of sp³-hybridized carbons (Fsp3) is 1.00. The summed E-state index contributed by atoms with van der Waals surface area (Å²) >= 11 is 0. The smallest absolute Gasteiger partial charge is 0.171 e. The minimum Gasteiger partial charge on any atom is -0.171 e. The molecule has 1 saturated carbocycles. The molecule has 1 aliphatic rings. The third kappa shape index (κ3) is 2.89. The summed E-state index contributed by atoms with van der Waals surface area (Å²) in [4.78, 5) is 0. The van der Waals surface area contributed by atoms with Gasteiger partial charge in [-0.15, -0.1) is 0 Å². The maximum Gasteiger partial charge on any atom is 0.391 e. The van der Waals surface area contributed by atoms with Crippen molar-refractivity contribution in [3.05, 3.63) is 0 Å². The van der Waals surface area contributed by atoms with Crippen LogP contribution in [0.15, 0.2) is 0 Å². The second kappa shape index (κ2) is 3.89. The zero-order valence-electron chi connectivity index (χ0n) is 8.19. The highest BCUT2D eigenvalue weighted by Gasteiger charge is 2.41. The van der Waals surface area contributed by atoms with Crippen molar-refractivity contribution in [3.63, 3.8) is 0 Å². The molecule has 0 radical (unpaired) electrons. The first-order valence-corrected chi connectivity index (χ1v) is 4.98. The summed E-state index contributed by atoms with van der Waals surface area (Å²) in [6.45, 7) is 4.19. The van der Waals surface area contributed by atoms with Crippen LogP contribution in [-0.4, -0.2) is 6.18 Å². The molecule has 0 N–H and O–H groups in total. The third-order valence-corrected chi connectivity index (χ3v) is 3.18. The molecular weight excluding hydrogens is 177 g/mol. The molecule has 0 nitrogen and oxygen atoms in total. The Hall–Kier alpha value is -0.210. The van der Waals surface area contributed by atoms with Gasteiger partial charge in [0.15, 0.2) is 0 Å². The molecule has 1 fully saturated rings. The van der Waals surface area contributed by atoms with Crippen LogP contribution in [0.25, 0.3) is 0 Å². The molecule has 0 saturated heterocycles. The lowest BCUT2D eigenvalue weighted by Crippen LogP contribution is -2.29. The van der Waals surface area contributed by atoms with Crippen LogP contribution in [0.2, 0.25) is 0 Å². The molecule has 13 heavy (non-hydrogen) atoms. The molecule has 0 amide bonds. The van der Waals surface area contributed by atoms with Crippen LogP contribution in [0.3, 0.4) is 0 Å². The molecule has 78 valence electrons. The van der Waals surface area contributed by atoms with Gasteiger partial charge in [-0.05, 0) is 37.5 Å². The lowest BCUT2D eigenvalue weighted by molar-refractivity contribution is -0.184. The van der Waals surface area contributed by atoms with E-state index in [0.717, 1.165) is 12.8 Å². The lowest BCUT2D eigenvalue weighted by atomic mass is 9.77. The monoisotopic (exact) mass is 194 g/mol. The maximum atomic E-state index is 12.3. The third-order valence-electron chi connectivity index (χ3n) is 3.18. The average molecular weight is 194 g/mol. The quantitative estimate of drug-likeness (QED) is 0.591.